The van der Waals surface area contributed by atoms with E-state index in [0.717, 1.165) is 93.0 Å². The lowest BCUT2D eigenvalue weighted by Crippen LogP contribution is -2.34. The standard InChI is InChI=1S/C32H32ClN3O.C28H23Cl2N3O/c1-31(2,3)29-28-25-18-19-32(22-10-6-4-7-11-22,37-27(25)17-16-26(28)34-30(33)35-29)23-12-14-24(15-13-23)36-20-8-5-9-21-36;29-26-25-22-15-16-28(19-7-3-1-4-8-19,34-24(22)14-13-23(25)31-27(30)32-26)20-9-11-21(12-10-20)33-17-5-2-6-18-33/h4,6-7,10-19H,5,8-9,20-21H2,1-3H3;1,3-4,7-16H,2,5-6,17-18H2. The smallest absolute Gasteiger partial charge is 0.224 e. The average Bonchev–Trinajstić information content (AvgIpc) is 3.41. The van der Waals surface area contributed by atoms with E-state index in [0.29, 0.717) is 10.7 Å². The highest BCUT2D eigenvalue weighted by Gasteiger charge is 2.40. The van der Waals surface area contributed by atoms with Crippen molar-refractivity contribution in [3.8, 4) is 11.5 Å². The Bertz CT molecular complexity index is 3300. The van der Waals surface area contributed by atoms with Crippen LogP contribution in [0, 0.1) is 0 Å². The first-order valence-electron chi connectivity index (χ1n) is 24.7. The summed E-state index contributed by atoms with van der Waals surface area (Å²) in [6.45, 7) is 10.9. The van der Waals surface area contributed by atoms with Crippen LogP contribution in [0.5, 0.6) is 11.5 Å². The predicted molar refractivity (Wildman–Crippen MR) is 292 cm³/mol. The number of halogens is 3. The molecule has 6 aromatic carbocycles. The number of rotatable bonds is 6. The van der Waals surface area contributed by atoms with Crippen LogP contribution < -0.4 is 19.3 Å². The number of aromatic nitrogens is 4. The molecule has 2 saturated heterocycles. The van der Waals surface area contributed by atoms with Gasteiger partial charge in [-0.15, -0.1) is 0 Å². The Labute approximate surface area is 431 Å². The third-order valence-electron chi connectivity index (χ3n) is 14.3. The van der Waals surface area contributed by atoms with Gasteiger partial charge in [0.05, 0.1) is 16.7 Å². The van der Waals surface area contributed by atoms with Crippen LogP contribution in [0.15, 0.2) is 146 Å². The van der Waals surface area contributed by atoms with Gasteiger partial charge in [-0.3, -0.25) is 0 Å². The molecule has 2 atom stereocenters. The molecular weight excluding hydrogens is 943 g/mol. The molecule has 0 bridgehead atoms. The number of benzene rings is 6. The minimum atomic E-state index is -0.762. The molecule has 2 aromatic heterocycles. The van der Waals surface area contributed by atoms with Crippen molar-refractivity contribution in [3.05, 3.63) is 200 Å². The lowest BCUT2D eigenvalue weighted by atomic mass is 9.82. The third kappa shape index (κ3) is 9.00. The molecule has 4 aliphatic heterocycles. The molecule has 71 heavy (non-hydrogen) atoms. The van der Waals surface area contributed by atoms with Crippen LogP contribution in [-0.4, -0.2) is 46.1 Å². The SMILES string of the molecule is CC(C)(C)c1nc(Cl)nc2ccc3c(c12)C=CC(c1ccccc1)(c1ccc(N2CCCCC2)cc1)O3.Clc1nc(Cl)c2c3c(ccc2n1)OC(c1ccccc1)(c1ccc(N2CCCCC2)cc1)C=C3. The van der Waals surface area contributed by atoms with Gasteiger partial charge in [-0.2, -0.15) is 0 Å². The van der Waals surface area contributed by atoms with E-state index in [1.54, 1.807) is 0 Å². The molecule has 4 aliphatic rings. The van der Waals surface area contributed by atoms with Crippen molar-refractivity contribution in [3.63, 3.8) is 0 Å². The fourth-order valence-corrected chi connectivity index (χ4v) is 11.4. The van der Waals surface area contributed by atoms with Gasteiger partial charge in [0.2, 0.25) is 10.6 Å². The van der Waals surface area contributed by atoms with Crippen molar-refractivity contribution in [2.45, 2.75) is 75.9 Å². The number of fused-ring (bicyclic) bond motifs is 6. The van der Waals surface area contributed by atoms with Crippen LogP contribution in [0.4, 0.5) is 11.4 Å². The zero-order valence-electron chi connectivity index (χ0n) is 40.2. The molecule has 0 radical (unpaired) electrons. The Morgan fingerprint density at radius 1 is 0.451 bits per heavy atom. The summed E-state index contributed by atoms with van der Waals surface area (Å²) in [6, 6.07) is 46.3. The van der Waals surface area contributed by atoms with Crippen LogP contribution >= 0.6 is 34.8 Å². The molecule has 0 spiro atoms. The summed E-state index contributed by atoms with van der Waals surface area (Å²) in [5.74, 6) is 1.54. The largest absolute Gasteiger partial charge is 0.473 e. The van der Waals surface area contributed by atoms with E-state index in [4.69, 9.17) is 44.3 Å². The van der Waals surface area contributed by atoms with Gasteiger partial charge in [0.15, 0.2) is 11.2 Å². The molecule has 0 saturated carbocycles. The quantitative estimate of drug-likeness (QED) is 0.120. The van der Waals surface area contributed by atoms with Crippen molar-refractivity contribution < 1.29 is 9.47 Å². The normalized spacial score (nSPS) is 19.6. The fraction of sp³-hybridized carbons (Fsp3) is 0.267. The second kappa shape index (κ2) is 19.3. The van der Waals surface area contributed by atoms with E-state index in [1.165, 1.54) is 49.9 Å². The van der Waals surface area contributed by atoms with Crippen LogP contribution in [-0.2, 0) is 16.6 Å². The lowest BCUT2D eigenvalue weighted by Gasteiger charge is -2.37. The highest BCUT2D eigenvalue weighted by atomic mass is 35.5. The fourth-order valence-electron chi connectivity index (χ4n) is 10.7. The molecule has 8 aromatic rings. The molecular formula is C60H55Cl3N6O2. The summed E-state index contributed by atoms with van der Waals surface area (Å²) in [5, 5.41) is 2.45. The average molecular weight is 998 g/mol. The first-order valence-corrected chi connectivity index (χ1v) is 25.9. The van der Waals surface area contributed by atoms with Crippen LogP contribution in [0.2, 0.25) is 15.7 Å². The zero-order valence-corrected chi connectivity index (χ0v) is 42.5. The topological polar surface area (TPSA) is 76.5 Å². The van der Waals surface area contributed by atoms with Gasteiger partial charge in [0.1, 0.15) is 16.7 Å². The molecule has 358 valence electrons. The number of nitrogens with zero attached hydrogens (tertiary/aromatic N) is 6. The number of ether oxygens (including phenoxy) is 2. The van der Waals surface area contributed by atoms with Crippen LogP contribution in [0.1, 0.15) is 98.4 Å². The molecule has 6 heterocycles. The van der Waals surface area contributed by atoms with Gasteiger partial charge in [-0.25, -0.2) is 19.9 Å². The maximum absolute atomic E-state index is 6.99. The van der Waals surface area contributed by atoms with Gasteiger partial charge < -0.3 is 19.3 Å². The van der Waals surface area contributed by atoms with E-state index in [1.807, 2.05) is 48.5 Å². The Balaban J connectivity index is 0.000000155. The van der Waals surface area contributed by atoms with Crippen LogP contribution in [0.3, 0.4) is 0 Å². The molecule has 8 nitrogen and oxygen atoms in total. The van der Waals surface area contributed by atoms with Crippen molar-refractivity contribution >= 4 is 80.1 Å². The van der Waals surface area contributed by atoms with Crippen molar-refractivity contribution in [2.75, 3.05) is 36.0 Å². The summed E-state index contributed by atoms with van der Waals surface area (Å²) in [6.07, 6.45) is 16.2. The van der Waals surface area contributed by atoms with Gasteiger partial charge in [-0.1, -0.05) is 117 Å². The van der Waals surface area contributed by atoms with Gasteiger partial charge in [-0.05, 0) is 135 Å². The highest BCUT2D eigenvalue weighted by molar-refractivity contribution is 6.36. The Morgan fingerprint density at radius 3 is 1.31 bits per heavy atom. The summed E-state index contributed by atoms with van der Waals surface area (Å²) in [5.41, 5.74) is 9.45. The monoisotopic (exact) mass is 996 g/mol. The molecule has 11 heteroatoms. The number of anilines is 2. The van der Waals surface area contributed by atoms with Crippen LogP contribution in [0.25, 0.3) is 34.0 Å². The van der Waals surface area contributed by atoms with Crippen molar-refractivity contribution in [1.82, 2.24) is 19.9 Å². The second-order valence-electron chi connectivity index (χ2n) is 19.9. The summed E-state index contributed by atoms with van der Waals surface area (Å²) in [7, 11) is 0. The number of hydrogen-bond donors (Lipinski definition) is 0. The highest BCUT2D eigenvalue weighted by Crippen LogP contribution is 2.48. The Kier molecular flexibility index (Phi) is 12.7. The molecule has 0 N–H and O–H groups in total. The maximum Gasteiger partial charge on any atom is 0.224 e. The summed E-state index contributed by atoms with van der Waals surface area (Å²) >= 11 is 18.8. The molecule has 12 rings (SSSR count). The first-order chi connectivity index (χ1) is 34.5. The summed E-state index contributed by atoms with van der Waals surface area (Å²) in [4.78, 5) is 22.6. The van der Waals surface area contributed by atoms with E-state index < -0.39 is 11.2 Å². The van der Waals surface area contributed by atoms with E-state index in [-0.39, 0.29) is 16.0 Å². The van der Waals surface area contributed by atoms with Gasteiger partial charge >= 0.3 is 0 Å². The van der Waals surface area contributed by atoms with Crippen molar-refractivity contribution in [1.29, 1.82) is 0 Å². The van der Waals surface area contributed by atoms with E-state index >= 15 is 0 Å². The van der Waals surface area contributed by atoms with Crippen molar-refractivity contribution in [2.24, 2.45) is 0 Å². The molecule has 0 aliphatic carbocycles. The Morgan fingerprint density at radius 2 is 0.859 bits per heavy atom. The predicted octanol–water partition coefficient (Wildman–Crippen LogP) is 15.2. The van der Waals surface area contributed by atoms with Gasteiger partial charge in [0, 0.05) is 87.1 Å². The second-order valence-corrected chi connectivity index (χ2v) is 20.9. The summed E-state index contributed by atoms with van der Waals surface area (Å²) < 4.78 is 13.8. The lowest BCUT2D eigenvalue weighted by molar-refractivity contribution is 0.161. The third-order valence-corrected chi connectivity index (χ3v) is 14.9. The zero-order chi connectivity index (χ0) is 48.7. The Hall–Kier alpha value is -6.45. The molecule has 2 fully saturated rings. The first kappa shape index (κ1) is 46.9. The maximum atomic E-state index is 6.99. The minimum Gasteiger partial charge on any atom is -0.473 e. The van der Waals surface area contributed by atoms with Gasteiger partial charge in [0.25, 0.3) is 0 Å². The molecule has 0 amide bonds. The minimum absolute atomic E-state index is 0.130. The van der Waals surface area contributed by atoms with E-state index in [9.17, 15) is 0 Å². The number of hydrogen-bond acceptors (Lipinski definition) is 8. The number of piperidine rings is 2. The molecule has 2 unspecified atom stereocenters. The van der Waals surface area contributed by atoms with E-state index in [2.05, 4.69) is 160 Å².